The molecule has 0 aliphatic carbocycles. The Kier molecular flexibility index (Phi) is 9.42. The van der Waals surface area contributed by atoms with Crippen LogP contribution in [0.3, 0.4) is 0 Å². The summed E-state index contributed by atoms with van der Waals surface area (Å²) in [7, 11) is 1.66. The van der Waals surface area contributed by atoms with Crippen LogP contribution in [0.4, 0.5) is 4.39 Å². The molecule has 3 rings (SSSR count). The van der Waals surface area contributed by atoms with Gasteiger partial charge in [-0.05, 0) is 37.6 Å². The normalized spacial score (nSPS) is 12.3. The molecule has 33 heavy (non-hydrogen) atoms. The fraction of sp³-hybridized carbons (Fsp3) is 0.423. The van der Waals surface area contributed by atoms with Gasteiger partial charge in [-0.25, -0.2) is 9.07 Å². The van der Waals surface area contributed by atoms with Crippen molar-refractivity contribution < 1.29 is 19.0 Å². The number of hydrogen-bond donors (Lipinski definition) is 1. The molecule has 1 atom stereocenters. The van der Waals surface area contributed by atoms with Gasteiger partial charge in [-0.2, -0.15) is 5.10 Å². The number of ether oxygens (including phenoxy) is 2. The number of para-hydroxylation sites is 2. The van der Waals surface area contributed by atoms with Crippen molar-refractivity contribution in [3.63, 3.8) is 0 Å². The first-order chi connectivity index (χ1) is 16.0. The number of hydrogen-bond acceptors (Lipinski definition) is 5. The Morgan fingerprint density at radius 2 is 1.85 bits per heavy atom. The maximum absolute atomic E-state index is 14.5. The van der Waals surface area contributed by atoms with Crippen LogP contribution in [0.2, 0.25) is 0 Å². The molecule has 7 heteroatoms. The SMILES string of the molecule is CCCC[C@@H](O)CN(CCOC)Cc1c(C)nn(-c2ccccc2)c1Oc1ccccc1F. The predicted molar refractivity (Wildman–Crippen MR) is 127 cm³/mol. The zero-order valence-electron chi connectivity index (χ0n) is 19.7. The van der Waals surface area contributed by atoms with Gasteiger partial charge < -0.3 is 14.6 Å². The van der Waals surface area contributed by atoms with E-state index >= 15 is 0 Å². The summed E-state index contributed by atoms with van der Waals surface area (Å²) in [4.78, 5) is 2.14. The van der Waals surface area contributed by atoms with Crippen LogP contribution in [0.15, 0.2) is 54.6 Å². The summed E-state index contributed by atoms with van der Waals surface area (Å²) in [5, 5.41) is 15.3. The van der Waals surface area contributed by atoms with Crippen molar-refractivity contribution in [3.8, 4) is 17.3 Å². The lowest BCUT2D eigenvalue weighted by molar-refractivity contribution is 0.0786. The molecule has 0 spiro atoms. The largest absolute Gasteiger partial charge is 0.435 e. The second kappa shape index (κ2) is 12.5. The Hall–Kier alpha value is -2.74. The maximum Gasteiger partial charge on any atom is 0.227 e. The Morgan fingerprint density at radius 3 is 2.55 bits per heavy atom. The van der Waals surface area contributed by atoms with Crippen LogP contribution < -0.4 is 4.74 Å². The van der Waals surface area contributed by atoms with Gasteiger partial charge in [0, 0.05) is 26.7 Å². The van der Waals surface area contributed by atoms with E-state index in [0.717, 1.165) is 36.2 Å². The smallest absolute Gasteiger partial charge is 0.227 e. The van der Waals surface area contributed by atoms with E-state index in [2.05, 4.69) is 11.8 Å². The van der Waals surface area contributed by atoms with Crippen LogP contribution in [0.25, 0.3) is 5.69 Å². The molecular formula is C26H34FN3O3. The minimum Gasteiger partial charge on any atom is -0.435 e. The first-order valence-electron chi connectivity index (χ1n) is 11.5. The average molecular weight is 456 g/mol. The molecule has 0 radical (unpaired) electrons. The Bertz CT molecular complexity index is 994. The maximum atomic E-state index is 14.5. The van der Waals surface area contributed by atoms with Gasteiger partial charge >= 0.3 is 0 Å². The van der Waals surface area contributed by atoms with Crippen LogP contribution in [0, 0.1) is 12.7 Å². The van der Waals surface area contributed by atoms with E-state index in [4.69, 9.17) is 14.6 Å². The Balaban J connectivity index is 1.96. The van der Waals surface area contributed by atoms with Gasteiger partial charge in [-0.1, -0.05) is 50.1 Å². The van der Waals surface area contributed by atoms with Crippen molar-refractivity contribution in [1.82, 2.24) is 14.7 Å². The molecule has 0 fully saturated rings. The van der Waals surface area contributed by atoms with E-state index in [1.165, 1.54) is 6.07 Å². The zero-order valence-corrected chi connectivity index (χ0v) is 19.7. The van der Waals surface area contributed by atoms with Crippen molar-refractivity contribution >= 4 is 0 Å². The molecule has 0 unspecified atom stereocenters. The Labute approximate surface area is 195 Å². The number of aromatic nitrogens is 2. The molecule has 0 bridgehead atoms. The highest BCUT2D eigenvalue weighted by Crippen LogP contribution is 2.32. The van der Waals surface area contributed by atoms with Gasteiger partial charge in [-0.3, -0.25) is 4.90 Å². The van der Waals surface area contributed by atoms with Gasteiger partial charge in [0.2, 0.25) is 5.88 Å². The van der Waals surface area contributed by atoms with Crippen molar-refractivity contribution in [2.24, 2.45) is 0 Å². The molecule has 0 saturated heterocycles. The molecule has 0 amide bonds. The summed E-state index contributed by atoms with van der Waals surface area (Å²) in [6, 6.07) is 16.0. The third-order valence-corrected chi connectivity index (χ3v) is 5.53. The highest BCUT2D eigenvalue weighted by atomic mass is 19.1. The van der Waals surface area contributed by atoms with Gasteiger partial charge in [0.25, 0.3) is 0 Å². The number of nitrogens with zero attached hydrogens (tertiary/aromatic N) is 3. The van der Waals surface area contributed by atoms with E-state index < -0.39 is 11.9 Å². The minimum absolute atomic E-state index is 0.141. The molecule has 0 aliphatic rings. The fourth-order valence-corrected chi connectivity index (χ4v) is 3.71. The van der Waals surface area contributed by atoms with Crippen molar-refractivity contribution in [1.29, 1.82) is 0 Å². The topological polar surface area (TPSA) is 59.8 Å². The van der Waals surface area contributed by atoms with Crippen LogP contribution in [0.1, 0.15) is 37.4 Å². The van der Waals surface area contributed by atoms with E-state index in [1.54, 1.807) is 30.0 Å². The third-order valence-electron chi connectivity index (χ3n) is 5.53. The highest BCUT2D eigenvalue weighted by Gasteiger charge is 2.23. The lowest BCUT2D eigenvalue weighted by Crippen LogP contribution is -2.34. The van der Waals surface area contributed by atoms with E-state index in [-0.39, 0.29) is 5.75 Å². The second-order valence-electron chi connectivity index (χ2n) is 8.17. The van der Waals surface area contributed by atoms with Crippen LogP contribution in [-0.4, -0.2) is 52.7 Å². The quantitative estimate of drug-likeness (QED) is 0.388. The summed E-state index contributed by atoms with van der Waals surface area (Å²) in [5.41, 5.74) is 2.46. The fourth-order valence-electron chi connectivity index (χ4n) is 3.71. The zero-order chi connectivity index (χ0) is 23.6. The first kappa shape index (κ1) is 24.9. The van der Waals surface area contributed by atoms with Gasteiger partial charge in [-0.15, -0.1) is 0 Å². The van der Waals surface area contributed by atoms with Crippen molar-refractivity contribution in [2.45, 2.75) is 45.8 Å². The second-order valence-corrected chi connectivity index (χ2v) is 8.17. The van der Waals surface area contributed by atoms with Crippen molar-refractivity contribution in [3.05, 3.63) is 71.7 Å². The summed E-state index contributed by atoms with van der Waals surface area (Å²) in [6.45, 7) is 6.23. The van der Waals surface area contributed by atoms with Crippen LogP contribution in [0.5, 0.6) is 11.6 Å². The number of benzene rings is 2. The lowest BCUT2D eigenvalue weighted by atomic mass is 10.1. The van der Waals surface area contributed by atoms with Gasteiger partial charge in [0.15, 0.2) is 11.6 Å². The van der Waals surface area contributed by atoms with Gasteiger partial charge in [0.1, 0.15) is 0 Å². The van der Waals surface area contributed by atoms with E-state index in [1.807, 2.05) is 37.3 Å². The van der Waals surface area contributed by atoms with Crippen LogP contribution in [-0.2, 0) is 11.3 Å². The Morgan fingerprint density at radius 1 is 1.12 bits per heavy atom. The summed E-state index contributed by atoms with van der Waals surface area (Å²) >= 11 is 0. The number of aryl methyl sites for hydroxylation is 1. The standard InChI is InChI=1S/C26H34FN3O3/c1-4-5-13-22(31)18-29(16-17-32-3)19-23-20(2)28-30(21-11-7-6-8-12-21)26(23)33-25-15-10-9-14-24(25)27/h6-12,14-15,22,31H,4-5,13,16-19H2,1-3H3/t22-/m1/s1. The molecule has 3 aromatic rings. The molecule has 0 saturated carbocycles. The summed E-state index contributed by atoms with van der Waals surface area (Å²) < 4.78 is 27.6. The molecule has 1 heterocycles. The van der Waals surface area contributed by atoms with E-state index in [9.17, 15) is 9.50 Å². The number of methoxy groups -OCH3 is 1. The lowest BCUT2D eigenvalue weighted by Gasteiger charge is -2.25. The highest BCUT2D eigenvalue weighted by molar-refractivity contribution is 5.43. The molecule has 2 aromatic carbocycles. The number of aliphatic hydroxyl groups excluding tert-OH is 1. The number of unbranched alkanes of at least 4 members (excludes halogenated alkanes) is 1. The molecular weight excluding hydrogens is 421 g/mol. The first-order valence-corrected chi connectivity index (χ1v) is 11.5. The third kappa shape index (κ3) is 6.87. The molecule has 1 N–H and O–H groups in total. The molecule has 1 aromatic heterocycles. The monoisotopic (exact) mass is 455 g/mol. The molecule has 178 valence electrons. The van der Waals surface area contributed by atoms with Crippen LogP contribution >= 0.6 is 0 Å². The minimum atomic E-state index is -0.437. The summed E-state index contributed by atoms with van der Waals surface area (Å²) in [6.07, 6.45) is 2.34. The average Bonchev–Trinajstić information content (AvgIpc) is 3.13. The number of halogens is 1. The number of rotatable bonds is 13. The molecule has 0 aliphatic heterocycles. The number of aliphatic hydroxyl groups is 1. The summed E-state index contributed by atoms with van der Waals surface area (Å²) in [5.74, 6) is 0.171. The predicted octanol–water partition coefficient (Wildman–Crippen LogP) is 5.11. The molecule has 6 nitrogen and oxygen atoms in total. The van der Waals surface area contributed by atoms with Gasteiger partial charge in [0.05, 0.1) is 29.7 Å². The van der Waals surface area contributed by atoms with E-state index in [0.29, 0.717) is 32.1 Å². The van der Waals surface area contributed by atoms with Crippen molar-refractivity contribution in [2.75, 3.05) is 26.8 Å².